The lowest BCUT2D eigenvalue weighted by molar-refractivity contribution is 0.302. The number of nitrogens with zero attached hydrogens (tertiary/aromatic N) is 1. The van der Waals surface area contributed by atoms with Crippen molar-refractivity contribution < 1.29 is 0 Å². The van der Waals surface area contributed by atoms with Crippen LogP contribution in [0.3, 0.4) is 0 Å². The quantitative estimate of drug-likeness (QED) is 0.799. The van der Waals surface area contributed by atoms with E-state index in [1.807, 2.05) is 0 Å². The molecule has 0 bridgehead atoms. The number of rotatable bonds is 5. The van der Waals surface area contributed by atoms with Gasteiger partial charge in [-0.25, -0.2) is 0 Å². The van der Waals surface area contributed by atoms with Crippen molar-refractivity contribution in [3.05, 3.63) is 11.1 Å². The smallest absolute Gasteiger partial charge is 0.0268 e. The molecule has 3 heteroatoms. The summed E-state index contributed by atoms with van der Waals surface area (Å²) >= 11 is 3.35. The van der Waals surface area contributed by atoms with Gasteiger partial charge in [0.25, 0.3) is 0 Å². The number of hydrogen-bond acceptors (Lipinski definition) is 2. The van der Waals surface area contributed by atoms with E-state index in [1.54, 1.807) is 0 Å². The second-order valence-corrected chi connectivity index (χ2v) is 4.93. The lowest BCUT2D eigenvalue weighted by Gasteiger charge is -2.20. The van der Waals surface area contributed by atoms with Gasteiger partial charge in [0.2, 0.25) is 0 Å². The van der Waals surface area contributed by atoms with Gasteiger partial charge in [0.05, 0.1) is 0 Å². The first-order valence-corrected chi connectivity index (χ1v) is 5.77. The number of nitrogens with one attached hydrogen (secondary N) is 1. The monoisotopic (exact) mass is 246 g/mol. The van der Waals surface area contributed by atoms with Crippen molar-refractivity contribution in [2.75, 3.05) is 26.2 Å². The Morgan fingerprint density at radius 2 is 2.15 bits per heavy atom. The molecule has 13 heavy (non-hydrogen) atoms. The molecule has 1 aliphatic rings. The van der Waals surface area contributed by atoms with Crippen LogP contribution in [0.15, 0.2) is 11.1 Å². The van der Waals surface area contributed by atoms with E-state index in [9.17, 15) is 0 Å². The van der Waals surface area contributed by atoms with E-state index >= 15 is 0 Å². The van der Waals surface area contributed by atoms with Gasteiger partial charge in [-0.3, -0.25) is 0 Å². The lowest BCUT2D eigenvalue weighted by atomic mass is 10.3. The minimum Gasteiger partial charge on any atom is -0.308 e. The molecule has 76 valence electrons. The molecule has 0 saturated carbocycles. The van der Waals surface area contributed by atoms with Gasteiger partial charge in [-0.1, -0.05) is 22.5 Å². The van der Waals surface area contributed by atoms with E-state index in [1.165, 1.54) is 32.5 Å². The summed E-state index contributed by atoms with van der Waals surface area (Å²) in [6.07, 6.45) is 2.75. The summed E-state index contributed by atoms with van der Waals surface area (Å²) in [6.45, 7) is 10.6. The van der Waals surface area contributed by atoms with Crippen LogP contribution in [0.1, 0.15) is 19.8 Å². The number of likely N-dealkylation sites (tertiary alicyclic amines) is 1. The normalized spacial score (nSPS) is 20.5. The fourth-order valence-corrected chi connectivity index (χ4v) is 1.86. The van der Waals surface area contributed by atoms with Crippen molar-refractivity contribution in [2.45, 2.75) is 25.8 Å². The third-order valence-electron chi connectivity index (χ3n) is 2.37. The fourth-order valence-electron chi connectivity index (χ4n) is 1.70. The van der Waals surface area contributed by atoms with Gasteiger partial charge in [0.15, 0.2) is 0 Å². The van der Waals surface area contributed by atoms with Crippen LogP contribution in [0.2, 0.25) is 0 Å². The van der Waals surface area contributed by atoms with E-state index in [0.717, 1.165) is 11.0 Å². The molecule has 0 aromatic heterocycles. The molecule has 0 amide bonds. The third kappa shape index (κ3) is 4.79. The first kappa shape index (κ1) is 11.2. The Hall–Kier alpha value is 0.140. The summed E-state index contributed by atoms with van der Waals surface area (Å²) in [4.78, 5) is 2.52. The summed E-state index contributed by atoms with van der Waals surface area (Å²) in [5.74, 6) is 0. The minimum absolute atomic E-state index is 0.562. The molecule has 1 heterocycles. The molecular formula is C10H19BrN2. The highest BCUT2D eigenvalue weighted by molar-refractivity contribution is 9.11. The molecule has 1 rings (SSSR count). The maximum atomic E-state index is 3.80. The molecule has 1 unspecified atom stereocenters. The maximum Gasteiger partial charge on any atom is 0.0268 e. The molecule has 1 atom stereocenters. The molecule has 0 aromatic rings. The maximum absolute atomic E-state index is 3.80. The fraction of sp³-hybridized carbons (Fsp3) is 0.800. The highest BCUT2D eigenvalue weighted by Gasteiger charge is 2.13. The van der Waals surface area contributed by atoms with Crippen molar-refractivity contribution in [1.82, 2.24) is 10.2 Å². The van der Waals surface area contributed by atoms with Crippen LogP contribution in [0.4, 0.5) is 0 Å². The van der Waals surface area contributed by atoms with E-state index in [-0.39, 0.29) is 0 Å². The van der Waals surface area contributed by atoms with Crippen LogP contribution in [-0.2, 0) is 0 Å². The minimum atomic E-state index is 0.562. The van der Waals surface area contributed by atoms with Gasteiger partial charge in [-0.2, -0.15) is 0 Å². The molecule has 1 fully saturated rings. The van der Waals surface area contributed by atoms with E-state index in [4.69, 9.17) is 0 Å². The van der Waals surface area contributed by atoms with Crippen LogP contribution in [0.5, 0.6) is 0 Å². The summed E-state index contributed by atoms with van der Waals surface area (Å²) in [7, 11) is 0. The number of halogens is 1. The predicted molar refractivity (Wildman–Crippen MR) is 61.2 cm³/mol. The zero-order chi connectivity index (χ0) is 9.68. The van der Waals surface area contributed by atoms with Crippen molar-refractivity contribution in [2.24, 2.45) is 0 Å². The number of hydrogen-bond donors (Lipinski definition) is 1. The van der Waals surface area contributed by atoms with Crippen LogP contribution in [0.25, 0.3) is 0 Å². The first-order valence-electron chi connectivity index (χ1n) is 4.97. The summed E-state index contributed by atoms with van der Waals surface area (Å²) < 4.78 is 1.03. The van der Waals surface area contributed by atoms with Crippen molar-refractivity contribution in [3.63, 3.8) is 0 Å². The van der Waals surface area contributed by atoms with Gasteiger partial charge >= 0.3 is 0 Å². The second kappa shape index (κ2) is 5.78. The van der Waals surface area contributed by atoms with Gasteiger partial charge in [0, 0.05) is 23.6 Å². The SMILES string of the molecule is C=C(Br)CNC(C)CN1CCCC1. The Bertz CT molecular complexity index is 164. The van der Waals surface area contributed by atoms with Gasteiger partial charge in [-0.15, -0.1) is 0 Å². The van der Waals surface area contributed by atoms with Crippen molar-refractivity contribution >= 4 is 15.9 Å². The van der Waals surface area contributed by atoms with E-state index < -0.39 is 0 Å². The van der Waals surface area contributed by atoms with E-state index in [2.05, 4.69) is 39.6 Å². The Kier molecular flexibility index (Phi) is 4.99. The van der Waals surface area contributed by atoms with Gasteiger partial charge in [-0.05, 0) is 32.9 Å². The summed E-state index contributed by atoms with van der Waals surface area (Å²) in [5, 5.41) is 3.42. The molecule has 2 nitrogen and oxygen atoms in total. The van der Waals surface area contributed by atoms with Crippen LogP contribution in [-0.4, -0.2) is 37.1 Å². The molecule has 1 N–H and O–H groups in total. The zero-order valence-corrected chi connectivity index (χ0v) is 9.94. The summed E-state index contributed by atoms with van der Waals surface area (Å²) in [6, 6.07) is 0.562. The predicted octanol–water partition coefficient (Wildman–Crippen LogP) is 1.97. The van der Waals surface area contributed by atoms with Gasteiger partial charge < -0.3 is 10.2 Å². The largest absolute Gasteiger partial charge is 0.308 e. The van der Waals surface area contributed by atoms with Gasteiger partial charge in [0.1, 0.15) is 0 Å². The average Bonchev–Trinajstić information content (AvgIpc) is 2.53. The zero-order valence-electron chi connectivity index (χ0n) is 8.35. The van der Waals surface area contributed by atoms with E-state index in [0.29, 0.717) is 6.04 Å². The highest BCUT2D eigenvalue weighted by atomic mass is 79.9. The van der Waals surface area contributed by atoms with Crippen molar-refractivity contribution in [1.29, 1.82) is 0 Å². The topological polar surface area (TPSA) is 15.3 Å². The Labute approximate surface area is 89.5 Å². The standard InChI is InChI=1S/C10H19BrN2/c1-9(11)7-12-10(2)8-13-5-3-4-6-13/h10,12H,1,3-8H2,2H3. The first-order chi connectivity index (χ1) is 6.18. The Morgan fingerprint density at radius 3 is 2.69 bits per heavy atom. The lowest BCUT2D eigenvalue weighted by Crippen LogP contribution is -2.38. The molecule has 1 saturated heterocycles. The van der Waals surface area contributed by atoms with Crippen LogP contribution >= 0.6 is 15.9 Å². The highest BCUT2D eigenvalue weighted by Crippen LogP contribution is 2.07. The molecule has 1 aliphatic heterocycles. The molecule has 0 spiro atoms. The van der Waals surface area contributed by atoms with Crippen molar-refractivity contribution in [3.8, 4) is 0 Å². The molecule has 0 aromatic carbocycles. The summed E-state index contributed by atoms with van der Waals surface area (Å²) in [5.41, 5.74) is 0. The van der Waals surface area contributed by atoms with Crippen LogP contribution < -0.4 is 5.32 Å². The Morgan fingerprint density at radius 1 is 1.54 bits per heavy atom. The van der Waals surface area contributed by atoms with Crippen LogP contribution in [0, 0.1) is 0 Å². The Balaban J connectivity index is 2.09. The third-order valence-corrected chi connectivity index (χ3v) is 2.65. The molecule has 0 radical (unpaired) electrons. The molecule has 0 aliphatic carbocycles. The average molecular weight is 247 g/mol. The molecular weight excluding hydrogens is 228 g/mol. The second-order valence-electron chi connectivity index (χ2n) is 3.81.